The van der Waals surface area contributed by atoms with E-state index in [0.29, 0.717) is 6.54 Å². The number of fused-ring (bicyclic) bond motifs is 1. The second kappa shape index (κ2) is 4.06. The van der Waals surface area contributed by atoms with Crippen molar-refractivity contribution in [3.63, 3.8) is 0 Å². The Bertz CT molecular complexity index is 571. The van der Waals surface area contributed by atoms with Crippen molar-refractivity contribution >= 4 is 16.9 Å². The van der Waals surface area contributed by atoms with Gasteiger partial charge in [0, 0.05) is 0 Å². The van der Waals surface area contributed by atoms with Crippen LogP contribution < -0.4 is 5.32 Å². The van der Waals surface area contributed by atoms with E-state index in [1.807, 2.05) is 4.68 Å². The van der Waals surface area contributed by atoms with Crippen LogP contribution in [-0.2, 0) is 5.54 Å². The van der Waals surface area contributed by atoms with Gasteiger partial charge in [-0.1, -0.05) is 5.92 Å². The van der Waals surface area contributed by atoms with E-state index < -0.39 is 0 Å². The zero-order chi connectivity index (χ0) is 12.5. The summed E-state index contributed by atoms with van der Waals surface area (Å²) >= 11 is 0. The third-order valence-electron chi connectivity index (χ3n) is 2.36. The van der Waals surface area contributed by atoms with Gasteiger partial charge in [-0.25, -0.2) is 14.6 Å². The SMILES string of the molecule is C#CCNc1ncnc2c1cnn2C(C)(C)C. The van der Waals surface area contributed by atoms with Gasteiger partial charge >= 0.3 is 0 Å². The highest BCUT2D eigenvalue weighted by molar-refractivity contribution is 5.86. The quantitative estimate of drug-likeness (QED) is 0.795. The number of anilines is 1. The molecule has 0 aromatic carbocycles. The second-order valence-corrected chi connectivity index (χ2v) is 4.74. The van der Waals surface area contributed by atoms with Gasteiger partial charge in [0.1, 0.15) is 12.1 Å². The van der Waals surface area contributed by atoms with Crippen molar-refractivity contribution in [3.8, 4) is 12.3 Å². The number of terminal acetylenes is 1. The Hall–Kier alpha value is -2.09. The summed E-state index contributed by atoms with van der Waals surface area (Å²) in [5, 5.41) is 8.31. The second-order valence-electron chi connectivity index (χ2n) is 4.74. The van der Waals surface area contributed by atoms with Gasteiger partial charge in [-0.15, -0.1) is 6.42 Å². The van der Waals surface area contributed by atoms with Crippen molar-refractivity contribution in [2.75, 3.05) is 11.9 Å². The maximum absolute atomic E-state index is 5.22. The number of nitrogens with zero attached hydrogens (tertiary/aromatic N) is 4. The first-order valence-corrected chi connectivity index (χ1v) is 5.40. The number of hydrogen-bond donors (Lipinski definition) is 1. The topological polar surface area (TPSA) is 55.6 Å². The summed E-state index contributed by atoms with van der Waals surface area (Å²) in [6.45, 7) is 6.68. The predicted molar refractivity (Wildman–Crippen MR) is 67.6 cm³/mol. The van der Waals surface area contributed by atoms with Crippen molar-refractivity contribution in [1.82, 2.24) is 19.7 Å². The van der Waals surface area contributed by atoms with E-state index in [4.69, 9.17) is 6.42 Å². The summed E-state index contributed by atoms with van der Waals surface area (Å²) < 4.78 is 1.88. The van der Waals surface area contributed by atoms with Crippen LogP contribution in [0.4, 0.5) is 5.82 Å². The van der Waals surface area contributed by atoms with E-state index in [2.05, 4.69) is 47.1 Å². The fourth-order valence-corrected chi connectivity index (χ4v) is 1.61. The minimum Gasteiger partial charge on any atom is -0.358 e. The lowest BCUT2D eigenvalue weighted by atomic mass is 10.1. The van der Waals surface area contributed by atoms with Crippen LogP contribution in [0, 0.1) is 12.3 Å². The van der Waals surface area contributed by atoms with Crippen LogP contribution in [0.15, 0.2) is 12.5 Å². The Morgan fingerprint density at radius 1 is 1.41 bits per heavy atom. The fraction of sp³-hybridized carbons (Fsp3) is 0.417. The smallest absolute Gasteiger partial charge is 0.163 e. The van der Waals surface area contributed by atoms with Gasteiger partial charge in [-0.3, -0.25) is 0 Å². The van der Waals surface area contributed by atoms with E-state index in [9.17, 15) is 0 Å². The highest BCUT2D eigenvalue weighted by Gasteiger charge is 2.19. The molecule has 0 amide bonds. The van der Waals surface area contributed by atoms with Gasteiger partial charge < -0.3 is 5.32 Å². The Kier molecular flexibility index (Phi) is 2.72. The molecule has 2 heterocycles. The first kappa shape index (κ1) is 11.4. The van der Waals surface area contributed by atoms with Gasteiger partial charge in [0.2, 0.25) is 0 Å². The molecule has 5 heteroatoms. The Balaban J connectivity index is 2.54. The van der Waals surface area contributed by atoms with Crippen molar-refractivity contribution < 1.29 is 0 Å². The number of nitrogens with one attached hydrogen (secondary N) is 1. The molecule has 0 radical (unpaired) electrons. The maximum Gasteiger partial charge on any atom is 0.163 e. The number of rotatable bonds is 2. The lowest BCUT2D eigenvalue weighted by Crippen LogP contribution is -2.23. The van der Waals surface area contributed by atoms with Crippen molar-refractivity contribution in [1.29, 1.82) is 0 Å². The van der Waals surface area contributed by atoms with E-state index in [0.717, 1.165) is 16.9 Å². The molecule has 2 aromatic heterocycles. The molecular weight excluding hydrogens is 214 g/mol. The van der Waals surface area contributed by atoms with Crippen LogP contribution in [0.3, 0.4) is 0 Å². The normalized spacial score (nSPS) is 11.4. The molecule has 2 rings (SSSR count). The van der Waals surface area contributed by atoms with Crippen molar-refractivity contribution in [2.24, 2.45) is 0 Å². The summed E-state index contributed by atoms with van der Waals surface area (Å²) in [5.41, 5.74) is 0.700. The molecular formula is C12H15N5. The molecule has 0 bridgehead atoms. The third kappa shape index (κ3) is 2.07. The maximum atomic E-state index is 5.22. The van der Waals surface area contributed by atoms with Crippen LogP contribution in [0.2, 0.25) is 0 Å². The zero-order valence-corrected chi connectivity index (χ0v) is 10.2. The van der Waals surface area contributed by atoms with Crippen LogP contribution in [0.1, 0.15) is 20.8 Å². The van der Waals surface area contributed by atoms with Crippen molar-refractivity contribution in [3.05, 3.63) is 12.5 Å². The molecule has 0 spiro atoms. The highest BCUT2D eigenvalue weighted by atomic mass is 15.3. The van der Waals surface area contributed by atoms with Crippen LogP contribution in [0.5, 0.6) is 0 Å². The number of aromatic nitrogens is 4. The van der Waals surface area contributed by atoms with Gasteiger partial charge in [0.15, 0.2) is 5.65 Å². The van der Waals surface area contributed by atoms with Crippen LogP contribution in [-0.4, -0.2) is 26.3 Å². The van der Waals surface area contributed by atoms with Gasteiger partial charge in [0.05, 0.1) is 23.7 Å². The molecule has 0 fully saturated rings. The fourth-order valence-electron chi connectivity index (χ4n) is 1.61. The standard InChI is InChI=1S/C12H15N5/c1-5-6-13-10-9-7-16-17(12(2,3)4)11(9)15-8-14-10/h1,7-8H,6H2,2-4H3,(H,13,14,15). The highest BCUT2D eigenvalue weighted by Crippen LogP contribution is 2.23. The minimum atomic E-state index is -0.112. The summed E-state index contributed by atoms with van der Waals surface area (Å²) in [5.74, 6) is 3.24. The molecule has 0 aliphatic carbocycles. The van der Waals surface area contributed by atoms with Crippen molar-refractivity contribution in [2.45, 2.75) is 26.3 Å². The summed E-state index contributed by atoms with van der Waals surface area (Å²) in [7, 11) is 0. The van der Waals surface area contributed by atoms with Crippen LogP contribution >= 0.6 is 0 Å². The van der Waals surface area contributed by atoms with E-state index in [1.165, 1.54) is 6.33 Å². The lowest BCUT2D eigenvalue weighted by molar-refractivity contribution is 0.366. The molecule has 0 aliphatic rings. The molecule has 0 atom stereocenters. The van der Waals surface area contributed by atoms with E-state index in [-0.39, 0.29) is 5.54 Å². The monoisotopic (exact) mass is 229 g/mol. The van der Waals surface area contributed by atoms with E-state index in [1.54, 1.807) is 6.20 Å². The molecule has 0 unspecified atom stereocenters. The molecule has 0 saturated heterocycles. The van der Waals surface area contributed by atoms with Crippen LogP contribution in [0.25, 0.3) is 11.0 Å². The molecule has 1 N–H and O–H groups in total. The third-order valence-corrected chi connectivity index (χ3v) is 2.36. The summed E-state index contributed by atoms with van der Waals surface area (Å²) in [6, 6.07) is 0. The molecule has 17 heavy (non-hydrogen) atoms. The molecule has 5 nitrogen and oxygen atoms in total. The zero-order valence-electron chi connectivity index (χ0n) is 10.2. The number of hydrogen-bond acceptors (Lipinski definition) is 4. The lowest BCUT2D eigenvalue weighted by Gasteiger charge is -2.19. The van der Waals surface area contributed by atoms with E-state index >= 15 is 0 Å². The summed E-state index contributed by atoms with van der Waals surface area (Å²) in [4.78, 5) is 8.44. The average molecular weight is 229 g/mol. The van der Waals surface area contributed by atoms with Gasteiger partial charge in [0.25, 0.3) is 0 Å². The predicted octanol–water partition coefficient (Wildman–Crippen LogP) is 1.63. The Morgan fingerprint density at radius 2 is 2.18 bits per heavy atom. The first-order chi connectivity index (χ1) is 8.04. The average Bonchev–Trinajstić information content (AvgIpc) is 2.69. The molecule has 0 aliphatic heterocycles. The molecule has 88 valence electrons. The van der Waals surface area contributed by atoms with Gasteiger partial charge in [-0.2, -0.15) is 5.10 Å². The van der Waals surface area contributed by atoms with Gasteiger partial charge in [-0.05, 0) is 20.8 Å². The molecule has 2 aromatic rings. The largest absolute Gasteiger partial charge is 0.358 e. The first-order valence-electron chi connectivity index (χ1n) is 5.40. The molecule has 0 saturated carbocycles. The Morgan fingerprint density at radius 3 is 2.82 bits per heavy atom. The summed E-state index contributed by atoms with van der Waals surface area (Å²) in [6.07, 6.45) is 8.50. The Labute approximate surface area is 100 Å². The minimum absolute atomic E-state index is 0.112.